The number of nitrogens with one attached hydrogen (secondary N) is 2. The first-order chi connectivity index (χ1) is 9.16. The molecule has 2 rings (SSSR count). The lowest BCUT2D eigenvalue weighted by atomic mass is 10.1. The fourth-order valence-corrected chi connectivity index (χ4v) is 1.76. The molecule has 6 nitrogen and oxygen atoms in total. The highest BCUT2D eigenvalue weighted by atomic mass is 16.1. The van der Waals surface area contributed by atoms with Crippen molar-refractivity contribution >= 4 is 11.6 Å². The van der Waals surface area contributed by atoms with Crippen LogP contribution >= 0.6 is 0 Å². The van der Waals surface area contributed by atoms with Gasteiger partial charge in [0.2, 0.25) is 5.91 Å². The van der Waals surface area contributed by atoms with Crippen molar-refractivity contribution in [2.75, 3.05) is 5.32 Å². The number of aryl methyl sites for hydroxylation is 1. The first kappa shape index (κ1) is 13.2. The van der Waals surface area contributed by atoms with Crippen molar-refractivity contribution in [2.24, 2.45) is 7.05 Å². The number of benzene rings is 1. The van der Waals surface area contributed by atoms with Gasteiger partial charge in [0.15, 0.2) is 0 Å². The molecule has 1 amide bonds. The standard InChI is InChI=1S/C13H17N5O/c1-10(19)16-12-6-4-3-5-11(12)7-14-8-13-17-15-9-18(13)2/h3-6,9,14H,7-8H2,1-2H3,(H,16,19). The van der Waals surface area contributed by atoms with E-state index in [9.17, 15) is 4.79 Å². The van der Waals surface area contributed by atoms with E-state index in [1.165, 1.54) is 6.92 Å². The number of para-hydroxylation sites is 1. The lowest BCUT2D eigenvalue weighted by Gasteiger charge is -2.10. The topological polar surface area (TPSA) is 71.8 Å². The second-order valence-electron chi connectivity index (χ2n) is 4.30. The van der Waals surface area contributed by atoms with Gasteiger partial charge in [-0.05, 0) is 11.6 Å². The Bertz CT molecular complexity index is 564. The first-order valence-corrected chi connectivity index (χ1v) is 6.06. The summed E-state index contributed by atoms with van der Waals surface area (Å²) in [5.41, 5.74) is 1.88. The number of carbonyl (C=O) groups excluding carboxylic acids is 1. The summed E-state index contributed by atoms with van der Waals surface area (Å²) in [6, 6.07) is 7.72. The quantitative estimate of drug-likeness (QED) is 0.842. The van der Waals surface area contributed by atoms with Crippen LogP contribution in [0.3, 0.4) is 0 Å². The largest absolute Gasteiger partial charge is 0.326 e. The summed E-state index contributed by atoms with van der Waals surface area (Å²) >= 11 is 0. The molecule has 2 N–H and O–H groups in total. The van der Waals surface area contributed by atoms with Gasteiger partial charge in [-0.25, -0.2) is 0 Å². The van der Waals surface area contributed by atoms with Crippen LogP contribution in [0.1, 0.15) is 18.3 Å². The Morgan fingerprint density at radius 2 is 2.11 bits per heavy atom. The summed E-state index contributed by atoms with van der Waals surface area (Å²) in [4.78, 5) is 11.1. The summed E-state index contributed by atoms with van der Waals surface area (Å²) in [6.45, 7) is 2.79. The molecule has 0 aliphatic rings. The maximum atomic E-state index is 11.1. The number of aromatic nitrogens is 3. The Balaban J connectivity index is 1.96. The van der Waals surface area contributed by atoms with Gasteiger partial charge in [0.1, 0.15) is 12.2 Å². The molecule has 0 fully saturated rings. The molecule has 2 aromatic rings. The summed E-state index contributed by atoms with van der Waals surface area (Å²) in [6.07, 6.45) is 1.67. The second-order valence-corrected chi connectivity index (χ2v) is 4.30. The number of hydrogen-bond donors (Lipinski definition) is 2. The molecule has 0 aliphatic carbocycles. The van der Waals surface area contributed by atoms with Crippen LogP contribution in [0.15, 0.2) is 30.6 Å². The number of amides is 1. The van der Waals surface area contributed by atoms with Crippen molar-refractivity contribution in [1.29, 1.82) is 0 Å². The molecule has 1 aromatic carbocycles. The van der Waals surface area contributed by atoms with E-state index in [2.05, 4.69) is 20.8 Å². The predicted molar refractivity (Wildman–Crippen MR) is 72.3 cm³/mol. The van der Waals surface area contributed by atoms with E-state index in [1.54, 1.807) is 6.33 Å². The molecule has 0 unspecified atom stereocenters. The van der Waals surface area contributed by atoms with Gasteiger partial charge in [-0.15, -0.1) is 10.2 Å². The third kappa shape index (κ3) is 3.62. The molecule has 100 valence electrons. The van der Waals surface area contributed by atoms with Gasteiger partial charge >= 0.3 is 0 Å². The van der Waals surface area contributed by atoms with Crippen molar-refractivity contribution in [2.45, 2.75) is 20.0 Å². The summed E-state index contributed by atoms with van der Waals surface area (Å²) < 4.78 is 1.87. The Hall–Kier alpha value is -2.21. The van der Waals surface area contributed by atoms with E-state index in [-0.39, 0.29) is 5.91 Å². The number of hydrogen-bond acceptors (Lipinski definition) is 4. The number of carbonyl (C=O) groups is 1. The van der Waals surface area contributed by atoms with Gasteiger partial charge in [0.05, 0.1) is 6.54 Å². The Morgan fingerprint density at radius 3 is 2.79 bits per heavy atom. The van der Waals surface area contributed by atoms with Crippen molar-refractivity contribution < 1.29 is 4.79 Å². The minimum Gasteiger partial charge on any atom is -0.326 e. The van der Waals surface area contributed by atoms with Crippen molar-refractivity contribution in [1.82, 2.24) is 20.1 Å². The van der Waals surface area contributed by atoms with Crippen molar-refractivity contribution in [3.63, 3.8) is 0 Å². The van der Waals surface area contributed by atoms with Crippen LogP contribution in [-0.2, 0) is 24.9 Å². The molecule has 0 spiro atoms. The van der Waals surface area contributed by atoms with Gasteiger partial charge in [-0.3, -0.25) is 4.79 Å². The third-order valence-corrected chi connectivity index (χ3v) is 2.73. The summed E-state index contributed by atoms with van der Waals surface area (Å²) in [5, 5.41) is 13.9. The van der Waals surface area contributed by atoms with E-state index < -0.39 is 0 Å². The van der Waals surface area contributed by atoms with Crippen LogP contribution in [0.25, 0.3) is 0 Å². The van der Waals surface area contributed by atoms with Crippen LogP contribution in [0, 0.1) is 0 Å². The molecule has 1 aromatic heterocycles. The summed E-state index contributed by atoms with van der Waals surface area (Å²) in [5.74, 6) is 0.803. The van der Waals surface area contributed by atoms with Crippen molar-refractivity contribution in [3.8, 4) is 0 Å². The fraction of sp³-hybridized carbons (Fsp3) is 0.308. The third-order valence-electron chi connectivity index (χ3n) is 2.73. The Labute approximate surface area is 111 Å². The zero-order valence-corrected chi connectivity index (χ0v) is 11.1. The molecule has 0 saturated carbocycles. The van der Waals surface area contributed by atoms with Crippen LogP contribution in [0.2, 0.25) is 0 Å². The van der Waals surface area contributed by atoms with Crippen LogP contribution in [0.4, 0.5) is 5.69 Å². The SMILES string of the molecule is CC(=O)Nc1ccccc1CNCc1nncn1C. The molecule has 19 heavy (non-hydrogen) atoms. The highest BCUT2D eigenvalue weighted by molar-refractivity contribution is 5.89. The van der Waals surface area contributed by atoms with E-state index in [0.717, 1.165) is 17.1 Å². The van der Waals surface area contributed by atoms with E-state index in [1.807, 2.05) is 35.9 Å². The molecule has 0 radical (unpaired) electrons. The number of anilines is 1. The molecule has 0 saturated heterocycles. The second kappa shape index (κ2) is 6.10. The fourth-order valence-electron chi connectivity index (χ4n) is 1.76. The van der Waals surface area contributed by atoms with Gasteiger partial charge < -0.3 is 15.2 Å². The average Bonchev–Trinajstić information content (AvgIpc) is 2.77. The lowest BCUT2D eigenvalue weighted by Crippen LogP contribution is -2.17. The van der Waals surface area contributed by atoms with Crippen LogP contribution in [-0.4, -0.2) is 20.7 Å². The zero-order valence-electron chi connectivity index (χ0n) is 11.1. The molecular formula is C13H17N5O. The van der Waals surface area contributed by atoms with Gasteiger partial charge in [-0.1, -0.05) is 18.2 Å². The highest BCUT2D eigenvalue weighted by Crippen LogP contribution is 2.14. The normalized spacial score (nSPS) is 10.4. The van der Waals surface area contributed by atoms with E-state index in [0.29, 0.717) is 13.1 Å². The molecule has 0 atom stereocenters. The van der Waals surface area contributed by atoms with Gasteiger partial charge in [0, 0.05) is 26.2 Å². The van der Waals surface area contributed by atoms with Gasteiger partial charge in [0.25, 0.3) is 0 Å². The van der Waals surface area contributed by atoms with Crippen molar-refractivity contribution in [3.05, 3.63) is 42.0 Å². The first-order valence-electron chi connectivity index (χ1n) is 6.06. The predicted octanol–water partition coefficient (Wildman–Crippen LogP) is 1.06. The smallest absolute Gasteiger partial charge is 0.221 e. The lowest BCUT2D eigenvalue weighted by molar-refractivity contribution is -0.114. The van der Waals surface area contributed by atoms with Gasteiger partial charge in [-0.2, -0.15) is 0 Å². The maximum Gasteiger partial charge on any atom is 0.221 e. The molecule has 0 aliphatic heterocycles. The number of nitrogens with zero attached hydrogens (tertiary/aromatic N) is 3. The van der Waals surface area contributed by atoms with Crippen LogP contribution in [0.5, 0.6) is 0 Å². The minimum absolute atomic E-state index is 0.0687. The van der Waals surface area contributed by atoms with E-state index >= 15 is 0 Å². The molecular weight excluding hydrogens is 242 g/mol. The van der Waals surface area contributed by atoms with Crippen LogP contribution < -0.4 is 10.6 Å². The monoisotopic (exact) mass is 259 g/mol. The molecule has 0 bridgehead atoms. The zero-order chi connectivity index (χ0) is 13.7. The Kier molecular flexibility index (Phi) is 4.25. The Morgan fingerprint density at radius 1 is 1.32 bits per heavy atom. The number of rotatable bonds is 5. The average molecular weight is 259 g/mol. The minimum atomic E-state index is -0.0687. The highest BCUT2D eigenvalue weighted by Gasteiger charge is 2.04. The molecule has 6 heteroatoms. The van der Waals surface area contributed by atoms with E-state index in [4.69, 9.17) is 0 Å². The summed E-state index contributed by atoms with van der Waals surface area (Å²) in [7, 11) is 1.91. The molecule has 1 heterocycles. The maximum absolute atomic E-state index is 11.1.